The van der Waals surface area contributed by atoms with Crippen molar-refractivity contribution >= 4 is 76.6 Å². The van der Waals surface area contributed by atoms with Crippen LogP contribution in [0.4, 0.5) is 10.3 Å². The Morgan fingerprint density at radius 2 is 1.24 bits per heavy atom. The lowest BCUT2D eigenvalue weighted by atomic mass is 9.82. The van der Waals surface area contributed by atoms with Gasteiger partial charge in [0.15, 0.2) is 0 Å². The van der Waals surface area contributed by atoms with E-state index in [9.17, 15) is 9.59 Å². The maximum Gasteiger partial charge on any atom is 0.232 e. The van der Waals surface area contributed by atoms with Crippen LogP contribution < -0.4 is 10.6 Å². The fourth-order valence-corrected chi connectivity index (χ4v) is 6.87. The molecular formula is C24H22Br2N8O2S2. The van der Waals surface area contributed by atoms with Crippen molar-refractivity contribution in [3.05, 3.63) is 67.0 Å². The normalized spacial score (nSPS) is 17.2. The average molecular weight is 678 g/mol. The van der Waals surface area contributed by atoms with Gasteiger partial charge in [0, 0.05) is 11.8 Å². The molecule has 1 saturated carbocycles. The van der Waals surface area contributed by atoms with Crippen molar-refractivity contribution in [2.75, 3.05) is 10.6 Å². The fraction of sp³-hybridized carbons (Fsp3) is 0.333. The van der Waals surface area contributed by atoms with Gasteiger partial charge < -0.3 is 10.6 Å². The first-order valence-corrected chi connectivity index (χ1v) is 15.1. The predicted octanol–water partition coefficient (Wildman–Crippen LogP) is 5.51. The van der Waals surface area contributed by atoms with Gasteiger partial charge in [-0.3, -0.25) is 9.59 Å². The summed E-state index contributed by atoms with van der Waals surface area (Å²) in [5.74, 6) is 0.0965. The Hall–Kier alpha value is -2.68. The minimum absolute atomic E-state index is 0.162. The standard InChI is InChI=1S/C24H22Br2N8O2S2/c25-17-8-2-6-15(27-17)11-19(35)29-23-33-31-21(37-23)13-4-1-5-14(10-13)22-32-34-24(38-22)30-20(36)12-16-7-3-9-18(26)28-16/h2-3,6-9,13-14H,1,4-5,10-12H2,(H,29,33,35)(H,30,34,36)/t13-,14-/m0/s1. The van der Waals surface area contributed by atoms with Gasteiger partial charge in [-0.15, -0.1) is 20.4 Å². The highest BCUT2D eigenvalue weighted by molar-refractivity contribution is 9.10. The Balaban J connectivity index is 1.15. The molecule has 0 aliphatic heterocycles. The number of carbonyl (C=O) groups excluding carboxylic acids is 2. The lowest BCUT2D eigenvalue weighted by Gasteiger charge is -2.25. The zero-order chi connectivity index (χ0) is 26.5. The Labute approximate surface area is 243 Å². The third-order valence-electron chi connectivity index (χ3n) is 5.98. The van der Waals surface area contributed by atoms with E-state index in [0.29, 0.717) is 30.9 Å². The van der Waals surface area contributed by atoms with Crippen molar-refractivity contribution < 1.29 is 9.59 Å². The summed E-state index contributed by atoms with van der Waals surface area (Å²) in [6.07, 6.45) is 4.23. The Morgan fingerprint density at radius 3 is 1.68 bits per heavy atom. The SMILES string of the molecule is O=C(Cc1cccc(Br)n1)Nc1nnc([C@H]2CCC[C@H](c3nnc(NC(=O)Cc4cccc(Br)n4)s3)C2)s1. The highest BCUT2D eigenvalue weighted by Gasteiger charge is 2.29. The van der Waals surface area contributed by atoms with Crippen LogP contribution in [0.1, 0.15) is 58.9 Å². The van der Waals surface area contributed by atoms with E-state index in [1.807, 2.05) is 36.4 Å². The molecule has 4 heterocycles. The minimum atomic E-state index is -0.182. The van der Waals surface area contributed by atoms with E-state index >= 15 is 0 Å². The molecular weight excluding hydrogens is 656 g/mol. The summed E-state index contributed by atoms with van der Waals surface area (Å²) in [5.41, 5.74) is 1.35. The molecule has 0 aromatic carbocycles. The molecule has 0 spiro atoms. The van der Waals surface area contributed by atoms with Gasteiger partial charge in [0.25, 0.3) is 0 Å². The molecule has 0 bridgehead atoms. The van der Waals surface area contributed by atoms with Gasteiger partial charge in [-0.05, 0) is 75.4 Å². The summed E-state index contributed by atoms with van der Waals surface area (Å²) in [6, 6.07) is 10.9. The average Bonchev–Trinajstić information content (AvgIpc) is 3.54. The number of rotatable bonds is 8. The van der Waals surface area contributed by atoms with Crippen LogP contribution in [-0.4, -0.2) is 42.2 Å². The van der Waals surface area contributed by atoms with Gasteiger partial charge in [0.2, 0.25) is 22.1 Å². The highest BCUT2D eigenvalue weighted by Crippen LogP contribution is 2.43. The van der Waals surface area contributed by atoms with Gasteiger partial charge in [-0.2, -0.15) is 0 Å². The molecule has 2 atom stereocenters. The minimum Gasteiger partial charge on any atom is -0.300 e. The molecule has 196 valence electrons. The quantitative estimate of drug-likeness (QED) is 0.233. The van der Waals surface area contributed by atoms with Crippen LogP contribution in [0.25, 0.3) is 0 Å². The molecule has 14 heteroatoms. The van der Waals surface area contributed by atoms with Gasteiger partial charge in [0.05, 0.1) is 24.2 Å². The van der Waals surface area contributed by atoms with Crippen molar-refractivity contribution in [2.45, 2.75) is 50.4 Å². The van der Waals surface area contributed by atoms with Crippen LogP contribution in [0.15, 0.2) is 45.6 Å². The summed E-state index contributed by atoms with van der Waals surface area (Å²) < 4.78 is 1.38. The molecule has 1 fully saturated rings. The van der Waals surface area contributed by atoms with Gasteiger partial charge in [-0.25, -0.2) is 9.97 Å². The maximum absolute atomic E-state index is 12.4. The Morgan fingerprint density at radius 1 is 0.763 bits per heavy atom. The first kappa shape index (κ1) is 26.9. The predicted molar refractivity (Wildman–Crippen MR) is 152 cm³/mol. The number of amides is 2. The number of halogens is 2. The molecule has 0 radical (unpaired) electrons. The lowest BCUT2D eigenvalue weighted by Crippen LogP contribution is -2.15. The summed E-state index contributed by atoms with van der Waals surface area (Å²) in [6.45, 7) is 0. The van der Waals surface area contributed by atoms with E-state index in [-0.39, 0.29) is 36.5 Å². The van der Waals surface area contributed by atoms with Crippen molar-refractivity contribution in [1.82, 2.24) is 30.4 Å². The monoisotopic (exact) mass is 676 g/mol. The van der Waals surface area contributed by atoms with Crippen LogP contribution in [-0.2, 0) is 22.4 Å². The van der Waals surface area contributed by atoms with Crippen LogP contribution in [0.2, 0.25) is 0 Å². The number of hydrogen-bond acceptors (Lipinski definition) is 10. The number of hydrogen-bond donors (Lipinski definition) is 2. The third-order valence-corrected chi connectivity index (χ3v) is 8.86. The molecule has 4 aromatic rings. The van der Waals surface area contributed by atoms with E-state index in [1.54, 1.807) is 0 Å². The molecule has 0 unspecified atom stereocenters. The van der Waals surface area contributed by atoms with Crippen LogP contribution >= 0.6 is 54.5 Å². The second-order valence-corrected chi connectivity index (χ2v) is 12.4. The van der Waals surface area contributed by atoms with E-state index in [1.165, 1.54) is 22.7 Å². The van der Waals surface area contributed by atoms with Crippen LogP contribution in [0.5, 0.6) is 0 Å². The van der Waals surface area contributed by atoms with Gasteiger partial charge in [0.1, 0.15) is 19.2 Å². The third kappa shape index (κ3) is 7.24. The molecule has 1 aliphatic rings. The highest BCUT2D eigenvalue weighted by atomic mass is 79.9. The molecule has 1 aliphatic carbocycles. The topological polar surface area (TPSA) is 136 Å². The van der Waals surface area contributed by atoms with E-state index < -0.39 is 0 Å². The van der Waals surface area contributed by atoms with E-state index in [4.69, 9.17) is 0 Å². The van der Waals surface area contributed by atoms with Crippen molar-refractivity contribution in [3.63, 3.8) is 0 Å². The molecule has 0 saturated heterocycles. The number of aromatic nitrogens is 6. The van der Waals surface area contributed by atoms with Gasteiger partial charge >= 0.3 is 0 Å². The maximum atomic E-state index is 12.4. The zero-order valence-electron chi connectivity index (χ0n) is 19.9. The van der Waals surface area contributed by atoms with Crippen LogP contribution in [0.3, 0.4) is 0 Å². The number of pyridine rings is 2. The molecule has 2 amide bonds. The number of anilines is 2. The van der Waals surface area contributed by atoms with Crippen molar-refractivity contribution in [2.24, 2.45) is 0 Å². The fourth-order valence-electron chi connectivity index (χ4n) is 4.29. The Bertz CT molecular complexity index is 1340. The van der Waals surface area contributed by atoms with E-state index in [0.717, 1.165) is 35.7 Å². The molecule has 5 rings (SSSR count). The Kier molecular flexibility index (Phi) is 8.82. The molecule has 10 nitrogen and oxygen atoms in total. The molecule has 2 N–H and O–H groups in total. The largest absolute Gasteiger partial charge is 0.300 e. The summed E-state index contributed by atoms with van der Waals surface area (Å²) in [4.78, 5) is 33.5. The molecule has 4 aromatic heterocycles. The zero-order valence-corrected chi connectivity index (χ0v) is 24.7. The first-order valence-electron chi connectivity index (χ1n) is 11.9. The second-order valence-electron chi connectivity index (χ2n) is 8.80. The smallest absolute Gasteiger partial charge is 0.232 e. The first-order chi connectivity index (χ1) is 18.4. The van der Waals surface area contributed by atoms with Crippen LogP contribution in [0, 0.1) is 0 Å². The second kappa shape index (κ2) is 12.5. The van der Waals surface area contributed by atoms with Crippen molar-refractivity contribution in [1.29, 1.82) is 0 Å². The van der Waals surface area contributed by atoms with E-state index in [2.05, 4.69) is 72.9 Å². The van der Waals surface area contributed by atoms with Crippen molar-refractivity contribution in [3.8, 4) is 0 Å². The number of nitrogens with one attached hydrogen (secondary N) is 2. The summed E-state index contributed by atoms with van der Waals surface area (Å²) >= 11 is 9.46. The molecule has 38 heavy (non-hydrogen) atoms. The number of carbonyl (C=O) groups is 2. The summed E-state index contributed by atoms with van der Waals surface area (Å²) in [7, 11) is 0. The summed E-state index contributed by atoms with van der Waals surface area (Å²) in [5, 5.41) is 25.6. The lowest BCUT2D eigenvalue weighted by molar-refractivity contribution is -0.116. The number of nitrogens with zero attached hydrogens (tertiary/aromatic N) is 6. The van der Waals surface area contributed by atoms with Gasteiger partial charge in [-0.1, -0.05) is 41.2 Å².